The zero-order valence-corrected chi connectivity index (χ0v) is 17.8. The number of anilines is 1. The monoisotopic (exact) mass is 409 g/mol. The second kappa shape index (κ2) is 7.11. The molecule has 3 heterocycles. The molecule has 1 aromatic carbocycles. The summed E-state index contributed by atoms with van der Waals surface area (Å²) in [6.45, 7) is 7.74. The second-order valence-corrected chi connectivity index (χ2v) is 8.48. The molecule has 0 amide bonds. The van der Waals surface area contributed by atoms with Crippen LogP contribution in [0.5, 0.6) is 0 Å². The van der Waals surface area contributed by atoms with Crippen LogP contribution in [0.1, 0.15) is 46.2 Å². The van der Waals surface area contributed by atoms with Crippen LogP contribution in [-0.2, 0) is 4.79 Å². The average molecular weight is 410 g/mol. The summed E-state index contributed by atoms with van der Waals surface area (Å²) in [7, 11) is 1.88. The Bertz CT molecular complexity index is 1130. The number of nitrogens with one attached hydrogen (secondary N) is 1. The smallest absolute Gasteiger partial charge is 0.308 e. The highest BCUT2D eigenvalue weighted by molar-refractivity contribution is 7.15. The lowest BCUT2D eigenvalue weighted by molar-refractivity contribution is -0.141. The van der Waals surface area contributed by atoms with Gasteiger partial charge < -0.3 is 10.4 Å². The van der Waals surface area contributed by atoms with Gasteiger partial charge in [0.1, 0.15) is 16.9 Å². The number of fused-ring (bicyclic) bond motifs is 3. The van der Waals surface area contributed by atoms with Crippen molar-refractivity contribution in [2.24, 2.45) is 10.9 Å². The number of aryl methyl sites for hydroxylation is 2. The molecule has 1 aliphatic rings. The zero-order chi connectivity index (χ0) is 20.9. The van der Waals surface area contributed by atoms with Gasteiger partial charge in [-0.25, -0.2) is 0 Å². The molecule has 2 atom stereocenters. The van der Waals surface area contributed by atoms with Crippen LogP contribution in [0.2, 0.25) is 0 Å². The second-order valence-electron chi connectivity index (χ2n) is 7.28. The van der Waals surface area contributed by atoms with Crippen LogP contribution in [0, 0.1) is 26.7 Å². The van der Waals surface area contributed by atoms with Gasteiger partial charge in [-0.15, -0.1) is 21.5 Å². The van der Waals surface area contributed by atoms with E-state index < -0.39 is 17.9 Å². The Kier molecular flexibility index (Phi) is 4.74. The van der Waals surface area contributed by atoms with E-state index in [2.05, 4.69) is 29.4 Å². The van der Waals surface area contributed by atoms with Crippen molar-refractivity contribution >= 4 is 28.7 Å². The predicted octanol–water partition coefficient (Wildman–Crippen LogP) is 3.91. The number of carboxylic acid groups (broad SMARTS) is 1. The fourth-order valence-corrected chi connectivity index (χ4v) is 4.83. The largest absolute Gasteiger partial charge is 0.481 e. The van der Waals surface area contributed by atoms with Gasteiger partial charge in [-0.1, -0.05) is 12.1 Å². The van der Waals surface area contributed by atoms with E-state index in [-0.39, 0.29) is 0 Å². The quantitative estimate of drug-likeness (QED) is 0.682. The minimum absolute atomic E-state index is 0.571. The normalized spacial score (nSPS) is 16.4. The number of hydrogen-bond donors (Lipinski definition) is 2. The van der Waals surface area contributed by atoms with E-state index >= 15 is 0 Å². The number of benzene rings is 1. The summed E-state index contributed by atoms with van der Waals surface area (Å²) in [5.41, 5.74) is 4.92. The maximum atomic E-state index is 11.9. The molecule has 1 unspecified atom stereocenters. The SMILES string of the molecule is CNc1ccc(C2=NC([C@H](C)C(=O)O)c3nnc(C)n3-c3sc(C)c(C)c32)cc1. The molecule has 7 nitrogen and oxygen atoms in total. The Morgan fingerprint density at radius 1 is 1.21 bits per heavy atom. The predicted molar refractivity (Wildman–Crippen MR) is 115 cm³/mol. The molecule has 0 saturated heterocycles. The van der Waals surface area contributed by atoms with E-state index in [9.17, 15) is 9.90 Å². The van der Waals surface area contributed by atoms with Crippen LogP contribution in [0.4, 0.5) is 5.69 Å². The summed E-state index contributed by atoms with van der Waals surface area (Å²) in [6, 6.07) is 7.40. The van der Waals surface area contributed by atoms with E-state index in [1.54, 1.807) is 18.3 Å². The molecule has 1 aliphatic heterocycles. The van der Waals surface area contributed by atoms with Crippen molar-refractivity contribution in [1.82, 2.24) is 14.8 Å². The number of thiophene rings is 1. The molecule has 2 aromatic heterocycles. The van der Waals surface area contributed by atoms with Crippen molar-refractivity contribution in [3.05, 3.63) is 57.5 Å². The van der Waals surface area contributed by atoms with E-state index in [1.165, 1.54) is 4.88 Å². The van der Waals surface area contributed by atoms with Gasteiger partial charge in [-0.05, 0) is 45.4 Å². The molecule has 8 heteroatoms. The lowest BCUT2D eigenvalue weighted by Gasteiger charge is -2.16. The third kappa shape index (κ3) is 3.04. The van der Waals surface area contributed by atoms with E-state index in [4.69, 9.17) is 4.99 Å². The standard InChI is InChI=1S/C21H23N5O2S/c1-10-12(3)29-20-16(10)18(14-6-8-15(22-5)9-7-14)23-17(11(2)21(27)28)19-25-24-13(4)26(19)20/h6-9,11,17,22H,1-5H3,(H,27,28)/t11-,17?/m0/s1. The van der Waals surface area contributed by atoms with Crippen LogP contribution in [0.25, 0.3) is 5.00 Å². The summed E-state index contributed by atoms with van der Waals surface area (Å²) in [5.74, 6) is -0.345. The lowest BCUT2D eigenvalue weighted by atomic mass is 9.98. The molecule has 0 saturated carbocycles. The third-order valence-corrected chi connectivity index (χ3v) is 6.69. The fourth-order valence-electron chi connectivity index (χ4n) is 3.61. The highest BCUT2D eigenvalue weighted by Gasteiger charge is 2.36. The number of hydrogen-bond acceptors (Lipinski definition) is 6. The van der Waals surface area contributed by atoms with Crippen molar-refractivity contribution in [3.8, 4) is 5.00 Å². The number of nitrogens with zero attached hydrogens (tertiary/aromatic N) is 4. The first-order valence-electron chi connectivity index (χ1n) is 9.45. The first-order chi connectivity index (χ1) is 13.8. The molecule has 150 valence electrons. The van der Waals surface area contributed by atoms with Crippen LogP contribution >= 0.6 is 11.3 Å². The average Bonchev–Trinajstić information content (AvgIpc) is 3.17. The molecule has 29 heavy (non-hydrogen) atoms. The number of carboxylic acids is 1. The molecule has 0 aliphatic carbocycles. The maximum Gasteiger partial charge on any atom is 0.308 e. The third-order valence-electron chi connectivity index (χ3n) is 5.50. The Labute approximate surface area is 173 Å². The molecule has 4 rings (SSSR count). The van der Waals surface area contributed by atoms with Crippen LogP contribution in [-0.4, -0.2) is 38.6 Å². The van der Waals surface area contributed by atoms with Gasteiger partial charge in [0.05, 0.1) is 11.6 Å². The van der Waals surface area contributed by atoms with Crippen molar-refractivity contribution in [2.75, 3.05) is 12.4 Å². The highest BCUT2D eigenvalue weighted by atomic mass is 32.1. The highest BCUT2D eigenvalue weighted by Crippen LogP contribution is 2.40. The van der Waals surface area contributed by atoms with Crippen LogP contribution < -0.4 is 5.32 Å². The molecule has 0 radical (unpaired) electrons. The molecule has 0 spiro atoms. The molecular formula is C21H23N5O2S. The van der Waals surface area contributed by atoms with Crippen LogP contribution in [0.3, 0.4) is 0 Å². The summed E-state index contributed by atoms with van der Waals surface area (Å²) in [6.07, 6.45) is 0. The van der Waals surface area contributed by atoms with Gasteiger partial charge in [-0.2, -0.15) is 0 Å². The molecule has 0 fully saturated rings. The Morgan fingerprint density at radius 3 is 2.52 bits per heavy atom. The number of aliphatic carboxylic acids is 1. The van der Waals surface area contributed by atoms with Gasteiger partial charge >= 0.3 is 5.97 Å². The van der Waals surface area contributed by atoms with Crippen molar-refractivity contribution in [1.29, 1.82) is 0 Å². The Morgan fingerprint density at radius 2 is 1.90 bits per heavy atom. The summed E-state index contributed by atoms with van der Waals surface area (Å²) in [4.78, 5) is 18.0. The number of rotatable bonds is 4. The number of aliphatic imine (C=N–C) groups is 1. The first kappa shape index (κ1) is 19.3. The fraction of sp³-hybridized carbons (Fsp3) is 0.333. The van der Waals surface area contributed by atoms with Crippen LogP contribution in [0.15, 0.2) is 29.3 Å². The van der Waals surface area contributed by atoms with E-state index in [0.717, 1.165) is 38.9 Å². The van der Waals surface area contributed by atoms with E-state index in [0.29, 0.717) is 5.82 Å². The summed E-state index contributed by atoms with van der Waals surface area (Å²) >= 11 is 1.66. The molecule has 0 bridgehead atoms. The number of aromatic nitrogens is 3. The van der Waals surface area contributed by atoms with Crippen molar-refractivity contribution in [2.45, 2.75) is 33.7 Å². The van der Waals surface area contributed by atoms with Crippen molar-refractivity contribution in [3.63, 3.8) is 0 Å². The van der Waals surface area contributed by atoms with E-state index in [1.807, 2.05) is 42.8 Å². The summed E-state index contributed by atoms with van der Waals surface area (Å²) < 4.78 is 1.97. The minimum Gasteiger partial charge on any atom is -0.481 e. The van der Waals surface area contributed by atoms with Gasteiger partial charge in [-0.3, -0.25) is 14.4 Å². The molecule has 3 aromatic rings. The van der Waals surface area contributed by atoms with Gasteiger partial charge in [0.15, 0.2) is 5.82 Å². The van der Waals surface area contributed by atoms with Gasteiger partial charge in [0.25, 0.3) is 0 Å². The summed E-state index contributed by atoms with van der Waals surface area (Å²) in [5, 5.41) is 22.4. The minimum atomic E-state index is -0.908. The van der Waals surface area contributed by atoms with Crippen molar-refractivity contribution < 1.29 is 9.90 Å². The zero-order valence-electron chi connectivity index (χ0n) is 17.0. The molecular weight excluding hydrogens is 386 g/mol. The molecule has 2 N–H and O–H groups in total. The maximum absolute atomic E-state index is 11.9. The Balaban J connectivity index is 2.03. The Hall–Kier alpha value is -3.00. The van der Waals surface area contributed by atoms with Gasteiger partial charge in [0, 0.05) is 28.7 Å². The number of carbonyl (C=O) groups is 1. The first-order valence-corrected chi connectivity index (χ1v) is 10.3. The lowest BCUT2D eigenvalue weighted by Crippen LogP contribution is -2.21. The van der Waals surface area contributed by atoms with Gasteiger partial charge in [0.2, 0.25) is 0 Å². The topological polar surface area (TPSA) is 92.4 Å².